The zero-order valence-electron chi connectivity index (χ0n) is 8.15. The summed E-state index contributed by atoms with van der Waals surface area (Å²) in [4.78, 5) is 0. The van der Waals surface area contributed by atoms with E-state index in [1.54, 1.807) is 0 Å². The Morgan fingerprint density at radius 1 is 1.00 bits per heavy atom. The lowest BCUT2D eigenvalue weighted by Crippen LogP contribution is -2.42. The zero-order chi connectivity index (χ0) is 11.2. The molecule has 3 nitrogen and oxygen atoms in total. The molecular weight excluding hydrogens is 216 g/mol. The predicted octanol–water partition coefficient (Wildman–Crippen LogP) is 2.38. The van der Waals surface area contributed by atoms with Crippen molar-refractivity contribution in [1.82, 2.24) is 0 Å². The summed E-state index contributed by atoms with van der Waals surface area (Å²) in [5, 5.41) is 0. The molecule has 0 heterocycles. The topological polar surface area (TPSA) is 54.4 Å². The van der Waals surface area contributed by atoms with Crippen LogP contribution in [-0.4, -0.2) is 20.2 Å². The van der Waals surface area contributed by atoms with Gasteiger partial charge in [0.15, 0.2) is 0 Å². The molecule has 0 aromatic heterocycles. The molecule has 80 valence electrons. The van der Waals surface area contributed by atoms with Gasteiger partial charge in [0, 0.05) is 0 Å². The minimum Gasteiger partial charge on any atom is -0.291 e. The molecule has 0 aromatic carbocycles. The van der Waals surface area contributed by atoms with Gasteiger partial charge in [-0.1, -0.05) is 18.2 Å². The SMILES string of the molecule is C=CC[Si](CC=C)(CC=C)S(=O)(=O)O. The van der Waals surface area contributed by atoms with Gasteiger partial charge in [-0.25, -0.2) is 8.42 Å². The van der Waals surface area contributed by atoms with Crippen LogP contribution in [0, 0.1) is 0 Å². The van der Waals surface area contributed by atoms with E-state index in [1.807, 2.05) is 0 Å². The Morgan fingerprint density at radius 2 is 1.29 bits per heavy atom. The van der Waals surface area contributed by atoms with Crippen molar-refractivity contribution in [2.24, 2.45) is 0 Å². The Bertz CT molecular complexity index is 292. The van der Waals surface area contributed by atoms with Gasteiger partial charge < -0.3 is 0 Å². The zero-order valence-corrected chi connectivity index (χ0v) is 9.96. The first-order chi connectivity index (χ1) is 6.43. The standard InChI is InChI=1S/C9H16O3SSi/c1-4-7-14(8-5-2,9-6-3)13(10,11)12/h4-6H,1-3,7-9H2,(H,10,11,12). The van der Waals surface area contributed by atoms with E-state index in [1.165, 1.54) is 18.2 Å². The van der Waals surface area contributed by atoms with E-state index in [-0.39, 0.29) is 0 Å². The molecule has 0 aliphatic rings. The summed E-state index contributed by atoms with van der Waals surface area (Å²) in [6, 6.07) is 0.970. The maximum absolute atomic E-state index is 11.3. The lowest BCUT2D eigenvalue weighted by atomic mass is 10.7. The lowest BCUT2D eigenvalue weighted by Gasteiger charge is -2.23. The van der Waals surface area contributed by atoms with Gasteiger partial charge >= 0.3 is 0 Å². The van der Waals surface area contributed by atoms with E-state index in [0.717, 1.165) is 0 Å². The van der Waals surface area contributed by atoms with Crippen molar-refractivity contribution in [2.45, 2.75) is 18.1 Å². The van der Waals surface area contributed by atoms with Crippen LogP contribution in [-0.2, 0) is 9.57 Å². The molecule has 0 unspecified atom stereocenters. The van der Waals surface area contributed by atoms with Crippen LogP contribution < -0.4 is 0 Å². The number of hydrogen-bond acceptors (Lipinski definition) is 2. The highest BCUT2D eigenvalue weighted by molar-refractivity contribution is 8.18. The van der Waals surface area contributed by atoms with Crippen molar-refractivity contribution in [1.29, 1.82) is 0 Å². The summed E-state index contributed by atoms with van der Waals surface area (Å²) in [7, 11) is -6.81. The Balaban J connectivity index is 5.22. The smallest absolute Gasteiger partial charge is 0.240 e. The molecule has 0 rings (SSSR count). The summed E-state index contributed by atoms with van der Waals surface area (Å²) in [6.45, 7) is 10.5. The van der Waals surface area contributed by atoms with Crippen LogP contribution in [0.5, 0.6) is 0 Å². The molecule has 0 aliphatic heterocycles. The van der Waals surface area contributed by atoms with Gasteiger partial charge in [-0.3, -0.25) is 4.55 Å². The van der Waals surface area contributed by atoms with E-state index in [2.05, 4.69) is 19.7 Å². The Morgan fingerprint density at radius 3 is 1.43 bits per heavy atom. The molecule has 0 saturated heterocycles. The van der Waals surface area contributed by atoms with Crippen molar-refractivity contribution in [2.75, 3.05) is 0 Å². The maximum atomic E-state index is 11.3. The van der Waals surface area contributed by atoms with E-state index in [0.29, 0.717) is 18.1 Å². The highest BCUT2D eigenvalue weighted by atomic mass is 32.4. The fraction of sp³-hybridized carbons (Fsp3) is 0.333. The molecule has 0 aromatic rings. The van der Waals surface area contributed by atoms with Crippen LogP contribution in [0.1, 0.15) is 0 Å². The number of rotatable bonds is 7. The molecule has 0 amide bonds. The third-order valence-electron chi connectivity index (χ3n) is 2.10. The largest absolute Gasteiger partial charge is 0.291 e. The van der Waals surface area contributed by atoms with Gasteiger partial charge in [-0.05, 0) is 18.1 Å². The van der Waals surface area contributed by atoms with Gasteiger partial charge in [0.2, 0.25) is 16.8 Å². The molecule has 1 N–H and O–H groups in total. The summed E-state index contributed by atoms with van der Waals surface area (Å²) < 4.78 is 31.8. The monoisotopic (exact) mass is 232 g/mol. The quantitative estimate of drug-likeness (QED) is 0.416. The Kier molecular flexibility index (Phi) is 5.04. The van der Waals surface area contributed by atoms with Gasteiger partial charge in [0.05, 0.1) is 0 Å². The van der Waals surface area contributed by atoms with E-state index in [9.17, 15) is 13.0 Å². The van der Waals surface area contributed by atoms with E-state index in [4.69, 9.17) is 0 Å². The first-order valence-corrected chi connectivity index (χ1v) is 9.02. The van der Waals surface area contributed by atoms with Crippen molar-refractivity contribution in [3.63, 3.8) is 0 Å². The molecule has 5 heteroatoms. The van der Waals surface area contributed by atoms with Crippen LogP contribution in [0.25, 0.3) is 0 Å². The predicted molar refractivity (Wildman–Crippen MR) is 62.3 cm³/mol. The normalized spacial score (nSPS) is 12.1. The van der Waals surface area contributed by atoms with Gasteiger partial charge in [-0.15, -0.1) is 19.7 Å². The minimum absolute atomic E-state index is 0.323. The molecule has 14 heavy (non-hydrogen) atoms. The van der Waals surface area contributed by atoms with E-state index < -0.39 is 16.8 Å². The van der Waals surface area contributed by atoms with Gasteiger partial charge in [0.25, 0.3) is 0 Å². The van der Waals surface area contributed by atoms with Crippen LogP contribution in [0.3, 0.4) is 0 Å². The van der Waals surface area contributed by atoms with Gasteiger partial charge in [-0.2, -0.15) is 0 Å². The van der Waals surface area contributed by atoms with Crippen molar-refractivity contribution >= 4 is 16.8 Å². The molecule has 0 fully saturated rings. The number of allylic oxidation sites excluding steroid dienone is 3. The molecule has 0 spiro atoms. The summed E-state index contributed by atoms with van der Waals surface area (Å²) in [5.41, 5.74) is 0. The molecule has 0 bridgehead atoms. The third-order valence-corrected chi connectivity index (χ3v) is 11.1. The second-order valence-corrected chi connectivity index (χ2v) is 11.8. The van der Waals surface area contributed by atoms with Crippen LogP contribution >= 0.6 is 0 Å². The van der Waals surface area contributed by atoms with Crippen molar-refractivity contribution in [3.05, 3.63) is 38.0 Å². The fourth-order valence-electron chi connectivity index (χ4n) is 1.36. The average molecular weight is 232 g/mol. The third kappa shape index (κ3) is 2.93. The summed E-state index contributed by atoms with van der Waals surface area (Å²) in [5.74, 6) is 0. The first-order valence-electron chi connectivity index (χ1n) is 4.23. The van der Waals surface area contributed by atoms with Gasteiger partial charge in [0.1, 0.15) is 0 Å². The second kappa shape index (κ2) is 5.28. The first kappa shape index (κ1) is 13.3. The van der Waals surface area contributed by atoms with E-state index >= 15 is 0 Å². The number of hydrogen-bond donors (Lipinski definition) is 1. The minimum atomic E-state index is -3.99. The summed E-state index contributed by atoms with van der Waals surface area (Å²) in [6.07, 6.45) is 4.60. The Labute approximate surface area is 86.2 Å². The highest BCUT2D eigenvalue weighted by Gasteiger charge is 2.43. The lowest BCUT2D eigenvalue weighted by molar-refractivity contribution is 0.497. The maximum Gasteiger partial charge on any atom is 0.240 e. The molecular formula is C9H16O3SSi. The summed E-state index contributed by atoms with van der Waals surface area (Å²) >= 11 is 0. The molecule has 0 atom stereocenters. The molecule has 0 radical (unpaired) electrons. The molecule has 0 saturated carbocycles. The van der Waals surface area contributed by atoms with Crippen LogP contribution in [0.15, 0.2) is 38.0 Å². The van der Waals surface area contributed by atoms with Crippen LogP contribution in [0.2, 0.25) is 18.1 Å². The van der Waals surface area contributed by atoms with Crippen LogP contribution in [0.4, 0.5) is 0 Å². The highest BCUT2D eigenvalue weighted by Crippen LogP contribution is 2.27. The van der Waals surface area contributed by atoms with Crippen molar-refractivity contribution in [3.8, 4) is 0 Å². The average Bonchev–Trinajstić information content (AvgIpc) is 2.03. The Hall–Kier alpha value is -0.653. The van der Waals surface area contributed by atoms with Crippen molar-refractivity contribution < 1.29 is 13.0 Å². The second-order valence-electron chi connectivity index (χ2n) is 3.14. The fourth-order valence-corrected chi connectivity index (χ4v) is 7.02. The molecule has 0 aliphatic carbocycles.